The summed E-state index contributed by atoms with van der Waals surface area (Å²) in [7, 11) is 0. The van der Waals surface area contributed by atoms with Gasteiger partial charge in [-0.25, -0.2) is 0 Å². The SMILES string of the molecule is [CH-]=CCCCCCCCCCCO.[Cu+].[Li]. The molecule has 1 N–H and O–H groups in total. The van der Waals surface area contributed by atoms with Crippen molar-refractivity contribution < 1.29 is 22.2 Å². The molecule has 0 bridgehead atoms. The van der Waals surface area contributed by atoms with Gasteiger partial charge < -0.3 is 11.7 Å². The second-order valence-electron chi connectivity index (χ2n) is 3.58. The minimum atomic E-state index is 0. The van der Waals surface area contributed by atoms with E-state index in [1.54, 1.807) is 6.08 Å². The summed E-state index contributed by atoms with van der Waals surface area (Å²) in [5.41, 5.74) is 0. The first-order chi connectivity index (χ1) is 6.41. The van der Waals surface area contributed by atoms with E-state index in [-0.39, 0.29) is 35.9 Å². The van der Waals surface area contributed by atoms with Crippen LogP contribution in [0.1, 0.15) is 57.8 Å². The van der Waals surface area contributed by atoms with Gasteiger partial charge in [0.15, 0.2) is 0 Å². The Hall–Kier alpha value is 0.817. The summed E-state index contributed by atoms with van der Waals surface area (Å²) in [4.78, 5) is 0. The summed E-state index contributed by atoms with van der Waals surface area (Å²) in [6, 6.07) is 0. The molecule has 3 heteroatoms. The zero-order chi connectivity index (χ0) is 9.78. The van der Waals surface area contributed by atoms with E-state index in [1.807, 2.05) is 0 Å². The number of rotatable bonds is 10. The first-order valence-corrected chi connectivity index (χ1v) is 5.56. The molecule has 0 aromatic rings. The molecule has 0 saturated heterocycles. The van der Waals surface area contributed by atoms with Gasteiger partial charge in [0.05, 0.1) is 0 Å². The molecule has 0 amide bonds. The van der Waals surface area contributed by atoms with Crippen LogP contribution in [0, 0.1) is 6.58 Å². The van der Waals surface area contributed by atoms with Crippen molar-refractivity contribution in [1.29, 1.82) is 0 Å². The molecule has 0 aliphatic rings. The molecular formula is C12H23CuLiO. The Bertz CT molecular complexity index is 110. The maximum absolute atomic E-state index is 8.55. The summed E-state index contributed by atoms with van der Waals surface area (Å²) in [5.74, 6) is 0. The molecule has 0 atom stereocenters. The molecule has 1 radical (unpaired) electrons. The summed E-state index contributed by atoms with van der Waals surface area (Å²) in [6.07, 6.45) is 12.8. The van der Waals surface area contributed by atoms with Gasteiger partial charge in [-0.15, -0.1) is 0 Å². The molecular weight excluding hydrogens is 231 g/mol. The number of unbranched alkanes of at least 4 members (excludes halogenated alkanes) is 8. The van der Waals surface area contributed by atoms with Crippen LogP contribution < -0.4 is 0 Å². The third kappa shape index (κ3) is 20.8. The second-order valence-corrected chi connectivity index (χ2v) is 3.58. The minimum absolute atomic E-state index is 0. The Labute approximate surface area is 118 Å². The monoisotopic (exact) mass is 253 g/mol. The summed E-state index contributed by atoms with van der Waals surface area (Å²) in [6.45, 7) is 5.63. The first kappa shape index (κ1) is 21.1. The normalized spacial score (nSPS) is 8.87. The minimum Gasteiger partial charge on any atom is -0.518 e. The average Bonchev–Trinajstić information content (AvgIpc) is 2.16. The Balaban J connectivity index is -0.000000720. The van der Waals surface area contributed by atoms with Crippen molar-refractivity contribution in [3.8, 4) is 0 Å². The van der Waals surface area contributed by atoms with Gasteiger partial charge in [-0.05, 0) is 6.42 Å². The van der Waals surface area contributed by atoms with Crippen LogP contribution in [-0.4, -0.2) is 30.6 Å². The predicted octanol–water partition coefficient (Wildman–Crippen LogP) is 3.10. The van der Waals surface area contributed by atoms with Crippen LogP contribution in [0.4, 0.5) is 0 Å². The number of aliphatic hydroxyl groups is 1. The van der Waals surface area contributed by atoms with Crippen molar-refractivity contribution in [2.24, 2.45) is 0 Å². The van der Waals surface area contributed by atoms with Gasteiger partial charge in [0.1, 0.15) is 0 Å². The molecule has 0 fully saturated rings. The molecule has 15 heavy (non-hydrogen) atoms. The zero-order valence-electron chi connectivity index (χ0n) is 9.97. The van der Waals surface area contributed by atoms with Crippen LogP contribution >= 0.6 is 0 Å². The molecule has 0 saturated carbocycles. The van der Waals surface area contributed by atoms with Gasteiger partial charge in [0.2, 0.25) is 0 Å². The second kappa shape index (κ2) is 20.3. The van der Waals surface area contributed by atoms with Crippen molar-refractivity contribution in [2.45, 2.75) is 57.8 Å². The zero-order valence-corrected chi connectivity index (χ0v) is 10.9. The van der Waals surface area contributed by atoms with Crippen molar-refractivity contribution >= 4 is 18.9 Å². The molecule has 0 aliphatic carbocycles. The molecule has 0 spiro atoms. The third-order valence-corrected chi connectivity index (χ3v) is 2.28. The average molecular weight is 254 g/mol. The molecule has 0 aromatic heterocycles. The molecule has 0 aromatic carbocycles. The van der Waals surface area contributed by atoms with Crippen molar-refractivity contribution in [3.63, 3.8) is 0 Å². The molecule has 0 heterocycles. The van der Waals surface area contributed by atoms with Crippen LogP contribution in [0.3, 0.4) is 0 Å². The van der Waals surface area contributed by atoms with E-state index in [2.05, 4.69) is 0 Å². The quantitative estimate of drug-likeness (QED) is 0.360. The van der Waals surface area contributed by atoms with Gasteiger partial charge >= 0.3 is 17.1 Å². The van der Waals surface area contributed by atoms with Gasteiger partial charge in [0, 0.05) is 25.5 Å². The van der Waals surface area contributed by atoms with E-state index < -0.39 is 0 Å². The van der Waals surface area contributed by atoms with Gasteiger partial charge in [0.25, 0.3) is 0 Å². The van der Waals surface area contributed by atoms with Gasteiger partial charge in [-0.2, -0.15) is 0 Å². The fraction of sp³-hybridized carbons (Fsp3) is 0.833. The summed E-state index contributed by atoms with van der Waals surface area (Å²) >= 11 is 0. The van der Waals surface area contributed by atoms with E-state index in [0.717, 1.165) is 12.8 Å². The molecule has 0 aliphatic heterocycles. The Morgan fingerprint density at radius 2 is 1.20 bits per heavy atom. The maximum atomic E-state index is 8.55. The van der Waals surface area contributed by atoms with E-state index in [0.29, 0.717) is 6.61 Å². The first-order valence-electron chi connectivity index (χ1n) is 5.56. The maximum Gasteiger partial charge on any atom is 1.00 e. The van der Waals surface area contributed by atoms with Crippen LogP contribution in [0.2, 0.25) is 0 Å². The van der Waals surface area contributed by atoms with Crippen LogP contribution in [0.5, 0.6) is 0 Å². The van der Waals surface area contributed by atoms with E-state index >= 15 is 0 Å². The number of aliphatic hydroxyl groups excluding tert-OH is 1. The van der Waals surface area contributed by atoms with Crippen molar-refractivity contribution in [1.82, 2.24) is 0 Å². The number of hydrogen-bond donors (Lipinski definition) is 1. The Morgan fingerprint density at radius 1 is 0.800 bits per heavy atom. The van der Waals surface area contributed by atoms with E-state index in [4.69, 9.17) is 11.7 Å². The largest absolute Gasteiger partial charge is 1.00 e. The van der Waals surface area contributed by atoms with Crippen LogP contribution in [-0.2, 0) is 17.1 Å². The van der Waals surface area contributed by atoms with Gasteiger partial charge in [-0.1, -0.05) is 51.4 Å². The Morgan fingerprint density at radius 3 is 1.60 bits per heavy atom. The van der Waals surface area contributed by atoms with E-state index in [9.17, 15) is 0 Å². The Kier molecular flexibility index (Phi) is 28.5. The molecule has 0 unspecified atom stereocenters. The number of allylic oxidation sites excluding steroid dienone is 1. The fourth-order valence-corrected chi connectivity index (χ4v) is 1.43. The summed E-state index contributed by atoms with van der Waals surface area (Å²) < 4.78 is 0. The van der Waals surface area contributed by atoms with E-state index in [1.165, 1.54) is 44.9 Å². The van der Waals surface area contributed by atoms with Crippen LogP contribution in [0.25, 0.3) is 0 Å². The third-order valence-electron chi connectivity index (χ3n) is 2.28. The molecule has 0 rings (SSSR count). The molecule has 1 nitrogen and oxygen atoms in total. The van der Waals surface area contributed by atoms with Crippen LogP contribution in [0.15, 0.2) is 6.08 Å². The standard InChI is InChI=1S/C12H23O.Cu.Li/c1-2-3-4-5-6-7-8-9-10-11-12-13;;/h1-2,13H,3-12H2;;/q-1;+1;. The topological polar surface area (TPSA) is 20.2 Å². The molecule has 89 valence electrons. The smallest absolute Gasteiger partial charge is 0.518 e. The predicted molar refractivity (Wildman–Crippen MR) is 63.3 cm³/mol. The number of hydrogen-bond acceptors (Lipinski definition) is 1. The van der Waals surface area contributed by atoms with Crippen molar-refractivity contribution in [2.75, 3.05) is 6.61 Å². The fourth-order valence-electron chi connectivity index (χ4n) is 1.43. The van der Waals surface area contributed by atoms with Gasteiger partial charge in [-0.3, -0.25) is 6.08 Å². The summed E-state index contributed by atoms with van der Waals surface area (Å²) in [5, 5.41) is 8.55. The van der Waals surface area contributed by atoms with Crippen molar-refractivity contribution in [3.05, 3.63) is 12.7 Å².